The Hall–Kier alpha value is -3.38. The number of nitrogens with zero attached hydrogens (tertiary/aromatic N) is 6. The van der Waals surface area contributed by atoms with Gasteiger partial charge in [0.2, 0.25) is 0 Å². The van der Waals surface area contributed by atoms with Gasteiger partial charge in [-0.25, -0.2) is 4.79 Å². The Bertz CT molecular complexity index is 2370. The van der Waals surface area contributed by atoms with Gasteiger partial charge >= 0.3 is 12.1 Å². The summed E-state index contributed by atoms with van der Waals surface area (Å²) in [6.07, 6.45) is 3.72. The summed E-state index contributed by atoms with van der Waals surface area (Å²) in [4.78, 5) is 27.6. The molecule has 3 atom stereocenters. The van der Waals surface area contributed by atoms with Crippen LogP contribution in [0.1, 0.15) is 39.9 Å². The minimum absolute atomic E-state index is 0. The number of fused-ring (bicyclic) bond motifs is 4. The van der Waals surface area contributed by atoms with Gasteiger partial charge in [-0.2, -0.15) is 13.2 Å². The third kappa shape index (κ3) is 10.4. The molecule has 1 N–H and O–H groups in total. The fourth-order valence-electron chi connectivity index (χ4n) is 9.70. The van der Waals surface area contributed by atoms with Crippen LogP contribution in [-0.2, 0) is 34.7 Å². The molecule has 10 nitrogen and oxygen atoms in total. The first-order valence-electron chi connectivity index (χ1n) is 20.8. The standard InChI is InChI=1S/C24H26BrN3O3.C22H26F3N3OS.2ClH/c1-27-13-17-8-21-24(30-3,19-5-4-6-20(27)22(17)19)9-15(12-28(21)2)14-31-23(29)16-7-18(25)11-26-10-16;23-22(24,25)17-6-7-21-19(16-17)28(18-4-1-2-5-20(18)30-21)9-3-8-26-10-12-27(13-11-26)14-15-29;;/h4-7,10-11,13,15,21H,8-9,12,14H2,1-3H3;1-2,4-7,16,29H,3,8-15H2;2*1H. The molecular weight excluding hydrogens is 940 g/mol. The number of piperazine rings is 1. The van der Waals surface area contributed by atoms with Gasteiger partial charge in [-0.3, -0.25) is 14.8 Å². The highest BCUT2D eigenvalue weighted by Gasteiger charge is 2.52. The van der Waals surface area contributed by atoms with E-state index < -0.39 is 17.3 Å². The van der Waals surface area contributed by atoms with E-state index in [1.807, 2.05) is 36.3 Å². The summed E-state index contributed by atoms with van der Waals surface area (Å²) in [5.41, 5.74) is 4.91. The number of halogens is 6. The second kappa shape index (κ2) is 20.8. The monoisotopic (exact) mass is 992 g/mol. The van der Waals surface area contributed by atoms with Crippen molar-refractivity contribution in [3.8, 4) is 0 Å². The largest absolute Gasteiger partial charge is 0.462 e. The molecule has 0 saturated carbocycles. The maximum absolute atomic E-state index is 13.3. The first-order chi connectivity index (χ1) is 29.4. The van der Waals surface area contributed by atoms with E-state index in [4.69, 9.17) is 14.6 Å². The van der Waals surface area contributed by atoms with Crippen LogP contribution in [0.4, 0.5) is 24.5 Å². The SMILES string of the molecule is COC12CC(COC(=O)c3cncc(Br)c3)CN(C)C1Cc1cn(C)c3cccc2c13.Cl.Cl.OCCN1CCN(CCCN2c3ccccc3Sc3ccc(C(F)(F)F)cc32)CC1. The fraction of sp³-hybridized carbons (Fsp3) is 0.435. The number of aliphatic hydroxyl groups excluding tert-OH is 1. The highest BCUT2D eigenvalue weighted by molar-refractivity contribution is 9.10. The molecule has 17 heteroatoms. The van der Waals surface area contributed by atoms with Crippen LogP contribution in [0.5, 0.6) is 0 Å². The first kappa shape index (κ1) is 49.1. The molecule has 63 heavy (non-hydrogen) atoms. The Morgan fingerprint density at radius 1 is 0.937 bits per heavy atom. The van der Waals surface area contributed by atoms with E-state index in [0.717, 1.165) is 78.5 Å². The molecule has 2 aromatic heterocycles. The lowest BCUT2D eigenvalue weighted by Crippen LogP contribution is -2.59. The minimum atomic E-state index is -4.35. The van der Waals surface area contributed by atoms with Gasteiger partial charge in [0.1, 0.15) is 5.60 Å². The van der Waals surface area contributed by atoms with Gasteiger partial charge in [-0.05, 0) is 102 Å². The summed E-state index contributed by atoms with van der Waals surface area (Å²) in [6, 6.07) is 20.4. The van der Waals surface area contributed by atoms with Gasteiger partial charge in [0.05, 0.1) is 35.7 Å². The summed E-state index contributed by atoms with van der Waals surface area (Å²) in [5, 5.41) is 10.4. The number of hydrogen-bond donors (Lipinski definition) is 1. The molecule has 2 saturated heterocycles. The quantitative estimate of drug-likeness (QED) is 0.137. The van der Waals surface area contributed by atoms with Gasteiger partial charge < -0.3 is 28.9 Å². The zero-order valence-corrected chi connectivity index (χ0v) is 39.6. The van der Waals surface area contributed by atoms with Crippen LogP contribution < -0.4 is 4.90 Å². The molecule has 0 amide bonds. The van der Waals surface area contributed by atoms with Gasteiger partial charge in [0.25, 0.3) is 0 Å². The number of methoxy groups -OCH3 is 1. The average molecular weight is 995 g/mol. The molecule has 5 aromatic rings. The van der Waals surface area contributed by atoms with Gasteiger partial charge in [-0.15, -0.1) is 24.8 Å². The van der Waals surface area contributed by atoms with Crippen molar-refractivity contribution < 1.29 is 32.5 Å². The molecule has 3 aromatic carbocycles. The second-order valence-corrected chi connectivity index (χ2v) is 18.4. The maximum atomic E-state index is 13.3. The number of aryl methyl sites for hydroxylation is 1. The number of benzene rings is 3. The van der Waals surface area contributed by atoms with Crippen LogP contribution in [0.15, 0.2) is 99.6 Å². The predicted molar refractivity (Wildman–Crippen MR) is 250 cm³/mol. The normalized spacial score (nSPS) is 20.9. The molecule has 1 aliphatic carbocycles. The summed E-state index contributed by atoms with van der Waals surface area (Å²) >= 11 is 4.88. The number of carbonyl (C=O) groups is 1. The van der Waals surface area contributed by atoms with Crippen molar-refractivity contribution in [3.05, 3.63) is 112 Å². The van der Waals surface area contributed by atoms with Gasteiger partial charge in [-0.1, -0.05) is 36.0 Å². The van der Waals surface area contributed by atoms with Crippen LogP contribution in [-0.4, -0.2) is 121 Å². The second-order valence-electron chi connectivity index (χ2n) is 16.4. The van der Waals surface area contributed by atoms with Crippen molar-refractivity contribution in [1.82, 2.24) is 24.3 Å². The number of piperidine rings is 1. The van der Waals surface area contributed by atoms with Crippen LogP contribution in [0.3, 0.4) is 0 Å². The van der Waals surface area contributed by atoms with Crippen LogP contribution in [0, 0.1) is 5.92 Å². The number of esters is 1. The molecule has 0 bridgehead atoms. The van der Waals surface area contributed by atoms with Crippen molar-refractivity contribution in [2.75, 3.05) is 84.6 Å². The van der Waals surface area contributed by atoms with E-state index in [2.05, 4.69) is 78.7 Å². The Kier molecular flexibility index (Phi) is 16.2. The van der Waals surface area contributed by atoms with Crippen molar-refractivity contribution >= 4 is 80.8 Å². The lowest BCUT2D eigenvalue weighted by molar-refractivity contribution is -0.137. The summed E-state index contributed by atoms with van der Waals surface area (Å²) in [7, 11) is 6.07. The summed E-state index contributed by atoms with van der Waals surface area (Å²) < 4.78 is 54.9. The van der Waals surface area contributed by atoms with E-state index in [1.54, 1.807) is 18.3 Å². The fourth-order valence-corrected chi connectivity index (χ4v) is 11.1. The molecular formula is C46H54BrCl2F3N6O4S. The van der Waals surface area contributed by atoms with E-state index >= 15 is 0 Å². The molecule has 340 valence electrons. The number of para-hydroxylation sites is 1. The number of rotatable bonds is 10. The number of alkyl halides is 3. The van der Waals surface area contributed by atoms with E-state index in [1.165, 1.54) is 52.1 Å². The molecule has 0 radical (unpaired) electrons. The molecule has 3 aliphatic heterocycles. The highest BCUT2D eigenvalue weighted by Crippen LogP contribution is 2.51. The number of pyridine rings is 1. The molecule has 9 rings (SSSR count). The van der Waals surface area contributed by atoms with Crippen LogP contribution in [0.25, 0.3) is 10.9 Å². The molecule has 3 unspecified atom stereocenters. The Balaban J connectivity index is 0.000000203. The van der Waals surface area contributed by atoms with E-state index in [9.17, 15) is 18.0 Å². The van der Waals surface area contributed by atoms with Gasteiger partial charge in [0.15, 0.2) is 0 Å². The van der Waals surface area contributed by atoms with Crippen molar-refractivity contribution in [2.45, 2.75) is 46.9 Å². The Morgan fingerprint density at radius 3 is 2.38 bits per heavy atom. The number of hydrogen-bond acceptors (Lipinski definition) is 10. The average Bonchev–Trinajstić information content (AvgIpc) is 3.58. The van der Waals surface area contributed by atoms with Crippen molar-refractivity contribution in [2.24, 2.45) is 13.0 Å². The van der Waals surface area contributed by atoms with E-state index in [-0.39, 0.29) is 49.4 Å². The van der Waals surface area contributed by atoms with Crippen LogP contribution in [0.2, 0.25) is 0 Å². The Morgan fingerprint density at radius 2 is 1.67 bits per heavy atom. The minimum Gasteiger partial charge on any atom is -0.462 e. The lowest BCUT2D eigenvalue weighted by Gasteiger charge is -2.53. The van der Waals surface area contributed by atoms with Gasteiger partial charge in [0, 0.05) is 116 Å². The summed E-state index contributed by atoms with van der Waals surface area (Å²) in [6.45, 7) is 7.50. The highest BCUT2D eigenvalue weighted by atomic mass is 79.9. The topological polar surface area (TPSA) is 86.5 Å². The number of likely N-dealkylation sites (tertiary alicyclic amines) is 1. The number of aliphatic hydroxyl groups is 1. The predicted octanol–water partition coefficient (Wildman–Crippen LogP) is 9.06. The number of ether oxygens (including phenoxy) is 2. The molecule has 4 aliphatic rings. The third-order valence-corrected chi connectivity index (χ3v) is 14.2. The number of carbonyl (C=O) groups excluding carboxylic acids is 1. The summed E-state index contributed by atoms with van der Waals surface area (Å²) in [5.74, 6) is -0.174. The zero-order valence-electron chi connectivity index (χ0n) is 35.5. The number of likely N-dealkylation sites (N-methyl/N-ethyl adjacent to an activating group) is 1. The maximum Gasteiger partial charge on any atom is 0.416 e. The first-order valence-corrected chi connectivity index (χ1v) is 22.4. The Labute approximate surface area is 392 Å². The molecule has 0 spiro atoms. The van der Waals surface area contributed by atoms with Crippen molar-refractivity contribution in [3.63, 3.8) is 0 Å². The third-order valence-electron chi connectivity index (χ3n) is 12.6. The lowest BCUT2D eigenvalue weighted by atomic mass is 9.69. The van der Waals surface area contributed by atoms with Crippen LogP contribution >= 0.6 is 52.5 Å². The molecule has 2 fully saturated rings. The number of anilines is 2. The zero-order chi connectivity index (χ0) is 42.9. The van der Waals surface area contributed by atoms with E-state index in [0.29, 0.717) is 30.9 Å². The molecule has 5 heterocycles. The smallest absolute Gasteiger partial charge is 0.416 e. The van der Waals surface area contributed by atoms with Crippen molar-refractivity contribution in [1.29, 1.82) is 0 Å². The number of β-amino-alcohol motifs (C(OH)–C–C–N with tert-alkyl or cyclic N) is 1. The number of aromatic nitrogens is 2.